The van der Waals surface area contributed by atoms with Gasteiger partial charge in [-0.1, -0.05) is 31.9 Å². The van der Waals surface area contributed by atoms with Gasteiger partial charge in [-0.25, -0.2) is 17.9 Å². The number of aryl methyl sites for hydroxylation is 2. The first-order valence-corrected chi connectivity index (χ1v) is 16.6. The molecule has 0 saturated heterocycles. The largest absolute Gasteiger partial charge is 0.494 e. The van der Waals surface area contributed by atoms with Crippen LogP contribution in [0.25, 0.3) is 16.8 Å². The summed E-state index contributed by atoms with van der Waals surface area (Å²) in [6, 6.07) is 13.4. The highest BCUT2D eigenvalue weighted by Gasteiger charge is 2.18. The number of aliphatic carboxylic acids is 1. The van der Waals surface area contributed by atoms with Crippen molar-refractivity contribution in [2.45, 2.75) is 65.9 Å². The predicted molar refractivity (Wildman–Crippen MR) is 171 cm³/mol. The van der Waals surface area contributed by atoms with Crippen LogP contribution in [0.3, 0.4) is 0 Å². The Balaban J connectivity index is 1.61. The van der Waals surface area contributed by atoms with Crippen LogP contribution in [0.2, 0.25) is 0 Å². The van der Waals surface area contributed by atoms with Crippen LogP contribution in [-0.2, 0) is 21.2 Å². The molecule has 0 fully saturated rings. The van der Waals surface area contributed by atoms with Crippen molar-refractivity contribution in [3.63, 3.8) is 0 Å². The Hall–Kier alpha value is -4.36. The molecule has 0 aliphatic carbocycles. The Kier molecular flexibility index (Phi) is 10.3. The van der Waals surface area contributed by atoms with Crippen molar-refractivity contribution in [1.29, 1.82) is 0 Å². The molecular weight excluding hydrogens is 578 g/mol. The second-order valence-electron chi connectivity index (χ2n) is 11.3. The zero-order valence-corrected chi connectivity index (χ0v) is 26.9. The third-order valence-corrected chi connectivity index (χ3v) is 8.14. The molecule has 1 unspecified atom stereocenters. The summed E-state index contributed by atoms with van der Waals surface area (Å²) in [5.74, 6) is 6.83. The maximum Gasteiger partial charge on any atom is 0.304 e. The van der Waals surface area contributed by atoms with Crippen molar-refractivity contribution in [2.24, 2.45) is 0 Å². The van der Waals surface area contributed by atoms with E-state index in [0.29, 0.717) is 24.5 Å². The van der Waals surface area contributed by atoms with Crippen molar-refractivity contribution in [1.82, 2.24) is 14.6 Å². The van der Waals surface area contributed by atoms with Crippen LogP contribution >= 0.6 is 0 Å². The van der Waals surface area contributed by atoms with E-state index in [0.717, 1.165) is 44.9 Å². The van der Waals surface area contributed by atoms with Gasteiger partial charge in [-0.2, -0.15) is 5.10 Å². The number of carboxylic acids is 1. The highest BCUT2D eigenvalue weighted by molar-refractivity contribution is 7.90. The highest BCUT2D eigenvalue weighted by Crippen LogP contribution is 2.35. The van der Waals surface area contributed by atoms with Crippen LogP contribution < -0.4 is 9.47 Å². The summed E-state index contributed by atoms with van der Waals surface area (Å²) in [7, 11) is -3.03. The zero-order chi connectivity index (χ0) is 32.0. The van der Waals surface area contributed by atoms with E-state index in [1.165, 1.54) is 6.26 Å². The first-order chi connectivity index (χ1) is 20.8. The number of carboxylic acid groups (broad SMARTS) is 1. The minimum Gasteiger partial charge on any atom is -0.494 e. The number of rotatable bonds is 13. The monoisotopic (exact) mass is 617 g/mol. The van der Waals surface area contributed by atoms with Gasteiger partial charge in [-0.3, -0.25) is 4.79 Å². The van der Waals surface area contributed by atoms with E-state index in [1.807, 2.05) is 56.4 Å². The summed E-state index contributed by atoms with van der Waals surface area (Å²) in [5, 5.41) is 14.0. The first kappa shape index (κ1) is 32.6. The van der Waals surface area contributed by atoms with Crippen molar-refractivity contribution >= 4 is 21.5 Å². The lowest BCUT2D eigenvalue weighted by atomic mass is 9.95. The second kappa shape index (κ2) is 14.0. The number of carbonyl (C=O) groups is 1. The summed E-state index contributed by atoms with van der Waals surface area (Å²) in [6.45, 7) is 10.5. The van der Waals surface area contributed by atoms with E-state index in [1.54, 1.807) is 11.4 Å². The Labute approximate surface area is 259 Å². The van der Waals surface area contributed by atoms with E-state index < -0.39 is 15.8 Å². The minimum absolute atomic E-state index is 0.0603. The molecule has 0 bridgehead atoms. The third kappa shape index (κ3) is 8.38. The molecule has 2 aromatic carbocycles. The fourth-order valence-corrected chi connectivity index (χ4v) is 5.71. The molecule has 2 aromatic heterocycles. The average Bonchev–Trinajstić information content (AvgIpc) is 3.38. The smallest absolute Gasteiger partial charge is 0.304 e. The van der Waals surface area contributed by atoms with Crippen molar-refractivity contribution in [2.75, 3.05) is 18.6 Å². The molecule has 9 nitrogen and oxygen atoms in total. The number of sulfone groups is 1. The Morgan fingerprint density at radius 3 is 2.32 bits per heavy atom. The number of ether oxygens (including phenoxy) is 2. The van der Waals surface area contributed by atoms with Gasteiger partial charge in [0.2, 0.25) is 0 Å². The lowest BCUT2D eigenvalue weighted by molar-refractivity contribution is -0.137. The Morgan fingerprint density at radius 2 is 1.73 bits per heavy atom. The van der Waals surface area contributed by atoms with E-state index in [2.05, 4.69) is 31.8 Å². The van der Waals surface area contributed by atoms with E-state index in [9.17, 15) is 18.3 Å². The molecule has 0 aliphatic heterocycles. The molecule has 4 rings (SSSR count). The van der Waals surface area contributed by atoms with E-state index in [4.69, 9.17) is 19.6 Å². The molecule has 0 radical (unpaired) electrons. The van der Waals surface area contributed by atoms with Gasteiger partial charge in [0.1, 0.15) is 27.9 Å². The fourth-order valence-electron chi connectivity index (χ4n) is 5.07. The number of pyridine rings is 1. The summed E-state index contributed by atoms with van der Waals surface area (Å²) >= 11 is 0. The van der Waals surface area contributed by atoms with Gasteiger partial charge in [0.05, 0.1) is 24.7 Å². The van der Waals surface area contributed by atoms with Gasteiger partial charge in [-0.15, -0.1) is 5.92 Å². The molecule has 2 heterocycles. The SMILES string of the molecule is CC#CC(CC(=O)O)c1ccc(OCc2cc(-c3c(C)cc(OCCCS(C)(=O)=O)cc3C)c3nc(C(C)C)nn3c2)cc1. The molecule has 4 aromatic rings. The van der Waals surface area contributed by atoms with Crippen molar-refractivity contribution in [3.05, 3.63) is 76.7 Å². The molecule has 0 spiro atoms. The molecule has 44 heavy (non-hydrogen) atoms. The Morgan fingerprint density at radius 1 is 1.05 bits per heavy atom. The van der Waals surface area contributed by atoms with Crippen LogP contribution in [0.1, 0.15) is 73.5 Å². The third-order valence-electron chi connectivity index (χ3n) is 7.11. The molecule has 0 aliphatic rings. The normalized spacial score (nSPS) is 12.2. The highest BCUT2D eigenvalue weighted by atomic mass is 32.2. The maximum atomic E-state index is 11.4. The van der Waals surface area contributed by atoms with Crippen LogP contribution in [0.4, 0.5) is 0 Å². The lowest BCUT2D eigenvalue weighted by Crippen LogP contribution is -2.08. The summed E-state index contributed by atoms with van der Waals surface area (Å²) < 4.78 is 36.7. The summed E-state index contributed by atoms with van der Waals surface area (Å²) in [4.78, 5) is 16.1. The van der Waals surface area contributed by atoms with Gasteiger partial charge >= 0.3 is 5.97 Å². The van der Waals surface area contributed by atoms with E-state index in [-0.39, 0.29) is 30.6 Å². The van der Waals surface area contributed by atoms with Crippen LogP contribution in [0.15, 0.2) is 48.7 Å². The van der Waals surface area contributed by atoms with Crippen molar-refractivity contribution < 1.29 is 27.8 Å². The van der Waals surface area contributed by atoms with Crippen LogP contribution in [-0.4, -0.2) is 52.7 Å². The van der Waals surface area contributed by atoms with Gasteiger partial charge in [-0.05, 0) is 79.8 Å². The number of nitrogens with zero attached hydrogens (tertiary/aromatic N) is 3. The molecule has 0 saturated carbocycles. The van der Waals surface area contributed by atoms with Gasteiger partial charge in [0, 0.05) is 29.5 Å². The van der Waals surface area contributed by atoms with Crippen molar-refractivity contribution in [3.8, 4) is 34.5 Å². The van der Waals surface area contributed by atoms with Crippen LogP contribution in [0, 0.1) is 25.7 Å². The molecule has 10 heteroatoms. The van der Waals surface area contributed by atoms with Crippen LogP contribution in [0.5, 0.6) is 11.5 Å². The number of fused-ring (bicyclic) bond motifs is 1. The van der Waals surface area contributed by atoms with Gasteiger partial charge in [0.15, 0.2) is 11.5 Å². The molecule has 0 amide bonds. The second-order valence-corrected chi connectivity index (χ2v) is 13.6. The molecule has 1 atom stereocenters. The molecule has 1 N–H and O–H groups in total. The number of hydrogen-bond donors (Lipinski definition) is 1. The summed E-state index contributed by atoms with van der Waals surface area (Å²) in [6.07, 6.45) is 3.52. The standard InChI is InChI=1S/C34H39N3O6S/c1-7-9-27(19-31(38)39)26-10-12-28(13-11-26)43-21-25-18-30(34-35-33(22(2)3)36-37(34)20-25)32-23(4)16-29(17-24(32)5)42-14-8-15-44(6,40)41/h10-13,16-18,20,22,27H,8,14-15,19,21H2,1-6H3,(H,38,39). The summed E-state index contributed by atoms with van der Waals surface area (Å²) in [5.41, 5.74) is 6.42. The molecular formula is C34H39N3O6S. The molecule has 232 valence electrons. The lowest BCUT2D eigenvalue weighted by Gasteiger charge is -2.16. The van der Waals surface area contributed by atoms with Gasteiger partial charge < -0.3 is 14.6 Å². The fraction of sp³-hybridized carbons (Fsp3) is 0.382. The Bertz CT molecular complexity index is 1790. The van der Waals surface area contributed by atoms with E-state index >= 15 is 0 Å². The average molecular weight is 618 g/mol. The topological polar surface area (TPSA) is 120 Å². The quantitative estimate of drug-likeness (QED) is 0.141. The minimum atomic E-state index is -3.03. The predicted octanol–water partition coefficient (Wildman–Crippen LogP) is 6.11. The first-order valence-electron chi connectivity index (χ1n) is 14.5. The number of hydrogen-bond acceptors (Lipinski definition) is 7. The van der Waals surface area contributed by atoms with Gasteiger partial charge in [0.25, 0.3) is 0 Å². The zero-order valence-electron chi connectivity index (χ0n) is 26.0. The number of benzene rings is 2. The maximum absolute atomic E-state index is 11.4. The number of aromatic nitrogens is 3.